The molecule has 49 heavy (non-hydrogen) atoms. The molecule has 2 bridgehead atoms. The number of phenols is 2. The molecule has 14 heteroatoms. The van der Waals surface area contributed by atoms with Gasteiger partial charge in [-0.2, -0.15) is 0 Å². The molecule has 0 radical (unpaired) electrons. The first-order chi connectivity index (χ1) is 23.6. The van der Waals surface area contributed by atoms with Crippen LogP contribution in [-0.2, 0) is 22.4 Å². The van der Waals surface area contributed by atoms with Crippen LogP contribution >= 0.6 is 34.5 Å². The Kier molecular flexibility index (Phi) is 10.7. The lowest BCUT2D eigenvalue weighted by Gasteiger charge is -2.44. The van der Waals surface area contributed by atoms with E-state index in [0.717, 1.165) is 37.3 Å². The minimum atomic E-state index is -0.832. The third kappa shape index (κ3) is 7.67. The molecule has 5 heterocycles. The number of ether oxygens (including phenoxy) is 4. The fourth-order valence-electron chi connectivity index (χ4n) is 6.28. The number of para-hydroxylation sites is 1. The van der Waals surface area contributed by atoms with E-state index in [1.165, 1.54) is 49.7 Å². The molecule has 2 N–H and O–H groups in total. The number of carbonyl (C=O) groups excluding carboxylic acids is 2. The number of carbonyl (C=O) groups is 2. The van der Waals surface area contributed by atoms with Crippen molar-refractivity contribution in [1.29, 1.82) is 0 Å². The van der Waals surface area contributed by atoms with E-state index in [-0.39, 0.29) is 47.1 Å². The lowest BCUT2D eigenvalue weighted by Crippen LogP contribution is -2.53. The Morgan fingerprint density at radius 1 is 1.00 bits per heavy atom. The summed E-state index contributed by atoms with van der Waals surface area (Å²) < 4.78 is 22.9. The zero-order valence-electron chi connectivity index (χ0n) is 26.8. The number of hydrogen-bond acceptors (Lipinski definition) is 11. The van der Waals surface area contributed by atoms with Crippen LogP contribution in [0.2, 0.25) is 10.0 Å². The number of rotatable bonds is 11. The Morgan fingerprint density at radius 3 is 2.33 bits per heavy atom. The maximum Gasteiger partial charge on any atom is 0.415 e. The Labute approximate surface area is 297 Å². The van der Waals surface area contributed by atoms with Gasteiger partial charge < -0.3 is 29.2 Å². The monoisotopic (exact) mass is 727 g/mol. The van der Waals surface area contributed by atoms with E-state index in [1.807, 2.05) is 0 Å². The number of pyridine rings is 1. The summed E-state index contributed by atoms with van der Waals surface area (Å²) in [4.78, 5) is 35.7. The minimum Gasteiger partial charge on any atom is -0.506 e. The number of benzene rings is 2. The lowest BCUT2D eigenvalue weighted by atomic mass is 9.86. The highest BCUT2D eigenvalue weighted by Gasteiger charge is 2.38. The number of fused-ring (bicyclic) bond motifs is 3. The zero-order valence-corrected chi connectivity index (χ0v) is 29.1. The van der Waals surface area contributed by atoms with Gasteiger partial charge in [-0.15, -0.1) is 11.3 Å². The van der Waals surface area contributed by atoms with E-state index < -0.39 is 18.2 Å². The Balaban J connectivity index is 1.25. The van der Waals surface area contributed by atoms with Crippen LogP contribution in [-0.4, -0.2) is 72.1 Å². The number of thiophene rings is 1. The van der Waals surface area contributed by atoms with Gasteiger partial charge in [-0.3, -0.25) is 14.8 Å². The topological polar surface area (TPSA) is 131 Å². The van der Waals surface area contributed by atoms with Gasteiger partial charge in [-0.05, 0) is 79.4 Å². The fourth-order valence-corrected chi connectivity index (χ4v) is 7.68. The molecule has 3 aliphatic heterocycles. The molecule has 3 fully saturated rings. The molecule has 7 rings (SSSR count). The molecule has 11 nitrogen and oxygen atoms in total. The molecule has 0 spiro atoms. The highest BCUT2D eigenvalue weighted by Crippen LogP contribution is 2.40. The second kappa shape index (κ2) is 15.1. The van der Waals surface area contributed by atoms with Crippen molar-refractivity contribution in [2.75, 3.05) is 38.8 Å². The van der Waals surface area contributed by atoms with Gasteiger partial charge in [-0.1, -0.05) is 35.3 Å². The van der Waals surface area contributed by atoms with Crippen molar-refractivity contribution < 1.29 is 38.7 Å². The quantitative estimate of drug-likeness (QED) is 0.152. The van der Waals surface area contributed by atoms with Crippen LogP contribution in [0.4, 0.5) is 10.5 Å². The summed E-state index contributed by atoms with van der Waals surface area (Å²) in [7, 11) is 3.04. The van der Waals surface area contributed by atoms with Crippen molar-refractivity contribution >= 4 is 52.3 Å². The van der Waals surface area contributed by atoms with Crippen LogP contribution in [0, 0.1) is 5.92 Å². The number of piperidine rings is 3. The maximum absolute atomic E-state index is 13.7. The van der Waals surface area contributed by atoms with Crippen LogP contribution in [0.5, 0.6) is 23.0 Å². The van der Waals surface area contributed by atoms with Gasteiger partial charge in [-0.25, -0.2) is 9.59 Å². The standard InChI is InChI=1S/C35H35Cl2N3O8S/c1-45-28-8-6-21(14-30(28)46-2)29(15-23-24(36)16-38-17-25(23)37)47-34(43)32-9-7-22(49-32)18-40(33-26(41)4-3-5-27(33)42)35(44)48-31-19-39-12-10-20(31)11-13-39/h3-9,14,16-17,20,29,31,41-42H,10-13,15,18-19H2,1-2H3/t29-,31-/m0/s1. The summed E-state index contributed by atoms with van der Waals surface area (Å²) in [6.45, 7) is 2.52. The van der Waals surface area contributed by atoms with E-state index >= 15 is 0 Å². The smallest absolute Gasteiger partial charge is 0.415 e. The largest absolute Gasteiger partial charge is 0.506 e. The van der Waals surface area contributed by atoms with Gasteiger partial charge >= 0.3 is 12.1 Å². The number of nitrogens with zero attached hydrogens (tertiary/aromatic N) is 3. The summed E-state index contributed by atoms with van der Waals surface area (Å²) >= 11 is 14.0. The maximum atomic E-state index is 13.7. The third-order valence-electron chi connectivity index (χ3n) is 8.88. The van der Waals surface area contributed by atoms with Crippen molar-refractivity contribution in [3.63, 3.8) is 0 Å². The number of esters is 1. The van der Waals surface area contributed by atoms with Gasteiger partial charge in [0.15, 0.2) is 11.5 Å². The van der Waals surface area contributed by atoms with Gasteiger partial charge in [0.2, 0.25) is 0 Å². The molecule has 3 saturated heterocycles. The highest BCUT2D eigenvalue weighted by atomic mass is 35.5. The van der Waals surface area contributed by atoms with Crippen LogP contribution in [0.25, 0.3) is 0 Å². The van der Waals surface area contributed by atoms with Gasteiger partial charge in [0.05, 0.1) is 30.8 Å². The first kappa shape index (κ1) is 34.6. The number of phenolic OH excluding ortho intramolecular Hbond substituents is 2. The third-order valence-corrected chi connectivity index (χ3v) is 10.6. The van der Waals surface area contributed by atoms with E-state index in [4.69, 9.17) is 42.1 Å². The number of anilines is 1. The molecule has 2 aromatic heterocycles. The molecule has 258 valence electrons. The number of amides is 1. The van der Waals surface area contributed by atoms with Crippen molar-refractivity contribution in [2.24, 2.45) is 5.92 Å². The van der Waals surface area contributed by atoms with Crippen LogP contribution in [0.1, 0.15) is 44.6 Å². The van der Waals surface area contributed by atoms with E-state index in [0.29, 0.717) is 44.1 Å². The van der Waals surface area contributed by atoms with Crippen molar-refractivity contribution in [3.05, 3.63) is 91.9 Å². The number of methoxy groups -OCH3 is 2. The first-order valence-electron chi connectivity index (χ1n) is 15.7. The molecule has 2 atom stereocenters. The summed E-state index contributed by atoms with van der Waals surface area (Å²) in [5.41, 5.74) is 1.09. The van der Waals surface area contributed by atoms with Gasteiger partial charge in [0.25, 0.3) is 0 Å². The number of aromatic nitrogens is 1. The normalized spacial score (nSPS) is 18.8. The summed E-state index contributed by atoms with van der Waals surface area (Å²) in [5.74, 6) is 0.0216. The molecular formula is C35H35Cl2N3O8S. The predicted molar refractivity (Wildman–Crippen MR) is 185 cm³/mol. The number of halogens is 2. The van der Waals surface area contributed by atoms with Crippen molar-refractivity contribution in [3.8, 4) is 23.0 Å². The van der Waals surface area contributed by atoms with Crippen LogP contribution in [0.15, 0.2) is 60.9 Å². The zero-order chi connectivity index (χ0) is 34.7. The van der Waals surface area contributed by atoms with Crippen molar-refractivity contribution in [2.45, 2.75) is 38.0 Å². The fraction of sp³-hybridized carbons (Fsp3) is 0.343. The van der Waals surface area contributed by atoms with E-state index in [2.05, 4.69) is 9.88 Å². The summed E-state index contributed by atoms with van der Waals surface area (Å²) in [6, 6.07) is 12.7. The van der Waals surface area contributed by atoms with E-state index in [1.54, 1.807) is 30.3 Å². The Morgan fingerprint density at radius 2 is 1.69 bits per heavy atom. The number of aromatic hydroxyl groups is 2. The average Bonchev–Trinajstić information content (AvgIpc) is 3.58. The second-order valence-electron chi connectivity index (χ2n) is 11.9. The SMILES string of the molecule is COc1ccc([C@H](Cc2c(Cl)cncc2Cl)OC(=O)c2ccc(CN(C(=O)O[C@H]3CN4CCC3CC4)c3c(O)cccc3O)s2)cc1OC. The van der Waals surface area contributed by atoms with Crippen LogP contribution in [0.3, 0.4) is 0 Å². The van der Waals surface area contributed by atoms with E-state index in [9.17, 15) is 19.8 Å². The van der Waals surface area contributed by atoms with Crippen molar-refractivity contribution in [1.82, 2.24) is 9.88 Å². The van der Waals surface area contributed by atoms with Crippen LogP contribution < -0.4 is 14.4 Å². The molecule has 3 aliphatic rings. The molecule has 0 saturated carbocycles. The Hall–Kier alpha value is -4.23. The molecule has 1 amide bonds. The first-order valence-corrected chi connectivity index (χ1v) is 17.2. The lowest BCUT2D eigenvalue weighted by molar-refractivity contribution is -0.0311. The molecule has 0 aliphatic carbocycles. The highest BCUT2D eigenvalue weighted by molar-refractivity contribution is 7.14. The Bertz CT molecular complexity index is 1790. The molecular weight excluding hydrogens is 693 g/mol. The molecule has 0 unspecified atom stereocenters. The molecule has 4 aromatic rings. The number of hydrogen-bond donors (Lipinski definition) is 2. The summed E-state index contributed by atoms with van der Waals surface area (Å²) in [5, 5.41) is 22.1. The molecule has 2 aromatic carbocycles. The summed E-state index contributed by atoms with van der Waals surface area (Å²) in [6.07, 6.45) is 3.14. The predicted octanol–water partition coefficient (Wildman–Crippen LogP) is 7.26. The minimum absolute atomic E-state index is 0.0778. The second-order valence-corrected chi connectivity index (χ2v) is 13.8. The van der Waals surface area contributed by atoms with Gasteiger partial charge in [0, 0.05) is 30.2 Å². The average molecular weight is 729 g/mol. The van der Waals surface area contributed by atoms with Gasteiger partial charge in [0.1, 0.15) is 34.3 Å².